The molecule has 32 heavy (non-hydrogen) atoms. The van der Waals surface area contributed by atoms with E-state index in [-0.39, 0.29) is 11.7 Å². The molecule has 0 aliphatic rings. The largest absolute Gasteiger partial charge is 0.496 e. The first kappa shape index (κ1) is 23.8. The maximum absolute atomic E-state index is 12.7. The minimum atomic E-state index is -0.443. The Balaban J connectivity index is 1.77. The van der Waals surface area contributed by atoms with Crippen molar-refractivity contribution in [3.63, 3.8) is 0 Å². The minimum absolute atomic E-state index is 0.128. The molecule has 2 heterocycles. The number of carbonyl (C=O) groups is 2. The number of hydrogen-bond acceptors (Lipinski definition) is 8. The number of esters is 1. The van der Waals surface area contributed by atoms with E-state index in [2.05, 4.69) is 15.5 Å². The molecule has 0 saturated heterocycles. The van der Waals surface area contributed by atoms with Crippen LogP contribution in [0.3, 0.4) is 0 Å². The van der Waals surface area contributed by atoms with Crippen molar-refractivity contribution >= 4 is 40.0 Å². The van der Waals surface area contributed by atoms with Crippen LogP contribution in [0.1, 0.15) is 34.6 Å². The highest BCUT2D eigenvalue weighted by Gasteiger charge is 2.23. The van der Waals surface area contributed by atoms with Crippen molar-refractivity contribution in [2.24, 2.45) is 0 Å². The number of carbonyl (C=O) groups excluding carboxylic acids is 2. The van der Waals surface area contributed by atoms with Crippen molar-refractivity contribution in [2.75, 3.05) is 25.3 Å². The number of methoxy groups -OCH3 is 2. The lowest BCUT2D eigenvalue weighted by Gasteiger charge is -2.10. The van der Waals surface area contributed by atoms with E-state index in [0.717, 1.165) is 16.0 Å². The van der Waals surface area contributed by atoms with Gasteiger partial charge in [0.1, 0.15) is 10.8 Å². The van der Waals surface area contributed by atoms with Gasteiger partial charge in [-0.15, -0.1) is 21.5 Å². The molecule has 8 nitrogen and oxygen atoms in total. The second kappa shape index (κ2) is 10.6. The van der Waals surface area contributed by atoms with E-state index in [0.29, 0.717) is 40.3 Å². The third-order valence-electron chi connectivity index (χ3n) is 4.92. The van der Waals surface area contributed by atoms with Crippen LogP contribution in [-0.4, -0.2) is 46.6 Å². The number of amides is 1. The highest BCUT2D eigenvalue weighted by Crippen LogP contribution is 2.34. The SMILES string of the molecule is CCc1c(C)sc(NC(=O)CSc2nnc(-c3ccccc3OC)n2CC)c1C(=O)OC. The van der Waals surface area contributed by atoms with Crippen molar-refractivity contribution in [1.29, 1.82) is 0 Å². The molecule has 1 aromatic carbocycles. The quantitative estimate of drug-likeness (QED) is 0.362. The van der Waals surface area contributed by atoms with Crippen LogP contribution in [0.25, 0.3) is 11.4 Å². The van der Waals surface area contributed by atoms with Gasteiger partial charge in [-0.05, 0) is 38.0 Å². The Bertz CT molecular complexity index is 1120. The highest BCUT2D eigenvalue weighted by molar-refractivity contribution is 7.99. The zero-order valence-corrected chi connectivity index (χ0v) is 20.4. The van der Waals surface area contributed by atoms with Crippen molar-refractivity contribution in [3.8, 4) is 17.1 Å². The molecule has 0 bridgehead atoms. The van der Waals surface area contributed by atoms with Gasteiger partial charge in [-0.3, -0.25) is 4.79 Å². The maximum Gasteiger partial charge on any atom is 0.341 e. The van der Waals surface area contributed by atoms with Gasteiger partial charge < -0.3 is 19.4 Å². The molecule has 0 aliphatic carbocycles. The molecule has 1 N–H and O–H groups in total. The fraction of sp³-hybridized carbons (Fsp3) is 0.364. The fourth-order valence-electron chi connectivity index (χ4n) is 3.41. The van der Waals surface area contributed by atoms with E-state index in [4.69, 9.17) is 9.47 Å². The Morgan fingerprint density at radius 3 is 2.59 bits per heavy atom. The summed E-state index contributed by atoms with van der Waals surface area (Å²) in [4.78, 5) is 25.9. The van der Waals surface area contributed by atoms with Gasteiger partial charge in [0.25, 0.3) is 0 Å². The lowest BCUT2D eigenvalue weighted by Crippen LogP contribution is -2.16. The summed E-state index contributed by atoms with van der Waals surface area (Å²) in [5.74, 6) is 0.847. The van der Waals surface area contributed by atoms with E-state index in [1.54, 1.807) is 7.11 Å². The molecule has 2 aromatic heterocycles. The van der Waals surface area contributed by atoms with Crippen molar-refractivity contribution < 1.29 is 19.1 Å². The van der Waals surface area contributed by atoms with Crippen molar-refractivity contribution in [3.05, 3.63) is 40.3 Å². The first-order chi connectivity index (χ1) is 15.4. The molecule has 0 aliphatic heterocycles. The van der Waals surface area contributed by atoms with Crippen LogP contribution in [0.4, 0.5) is 5.00 Å². The van der Waals surface area contributed by atoms with Crippen LogP contribution in [0, 0.1) is 6.92 Å². The van der Waals surface area contributed by atoms with Gasteiger partial charge in [-0.25, -0.2) is 4.79 Å². The number of hydrogen-bond donors (Lipinski definition) is 1. The van der Waals surface area contributed by atoms with Gasteiger partial charge in [0.05, 0.1) is 31.1 Å². The molecule has 0 unspecified atom stereocenters. The molecular weight excluding hydrogens is 448 g/mol. The van der Waals surface area contributed by atoms with Crippen LogP contribution in [0.2, 0.25) is 0 Å². The second-order valence-electron chi connectivity index (χ2n) is 6.77. The van der Waals surface area contributed by atoms with Crippen LogP contribution < -0.4 is 10.1 Å². The standard InChI is InChI=1S/C22H26N4O4S2/c1-6-14-13(3)32-20(18(14)21(28)30-5)23-17(27)12-31-22-25-24-19(26(22)7-2)15-10-8-9-11-16(15)29-4/h8-11H,6-7,12H2,1-5H3,(H,23,27). The topological polar surface area (TPSA) is 95.3 Å². The number of nitrogens with one attached hydrogen (secondary N) is 1. The van der Waals surface area contributed by atoms with Crippen LogP contribution in [0.15, 0.2) is 29.4 Å². The highest BCUT2D eigenvalue weighted by atomic mass is 32.2. The molecule has 0 spiro atoms. The number of anilines is 1. The average molecular weight is 475 g/mol. The Morgan fingerprint density at radius 1 is 1.19 bits per heavy atom. The Hall–Kier alpha value is -2.85. The maximum atomic E-state index is 12.7. The van der Waals surface area contributed by atoms with Crippen molar-refractivity contribution in [1.82, 2.24) is 14.8 Å². The zero-order valence-electron chi connectivity index (χ0n) is 18.7. The number of nitrogens with zero attached hydrogens (tertiary/aromatic N) is 3. The molecule has 3 aromatic rings. The summed E-state index contributed by atoms with van der Waals surface area (Å²) >= 11 is 2.67. The second-order valence-corrected chi connectivity index (χ2v) is 8.94. The predicted molar refractivity (Wildman–Crippen MR) is 127 cm³/mol. The number of thiophene rings is 1. The summed E-state index contributed by atoms with van der Waals surface area (Å²) < 4.78 is 12.3. The summed E-state index contributed by atoms with van der Waals surface area (Å²) in [7, 11) is 2.96. The number of rotatable bonds is 9. The number of aryl methyl sites for hydroxylation is 1. The molecule has 10 heteroatoms. The molecular formula is C22H26N4O4S2. The van der Waals surface area contributed by atoms with E-state index >= 15 is 0 Å². The molecule has 170 valence electrons. The van der Waals surface area contributed by atoms with E-state index < -0.39 is 5.97 Å². The van der Waals surface area contributed by atoms with Crippen LogP contribution >= 0.6 is 23.1 Å². The van der Waals surface area contributed by atoms with E-state index in [1.807, 2.05) is 49.6 Å². The van der Waals surface area contributed by atoms with Gasteiger partial charge in [0, 0.05) is 11.4 Å². The monoisotopic (exact) mass is 474 g/mol. The third kappa shape index (κ3) is 4.81. The molecule has 3 rings (SSSR count). The number of benzene rings is 1. The number of ether oxygens (including phenoxy) is 2. The summed E-state index contributed by atoms with van der Waals surface area (Å²) in [5, 5.41) is 12.6. The van der Waals surface area contributed by atoms with E-state index in [1.165, 1.54) is 30.2 Å². The number of thioether (sulfide) groups is 1. The zero-order chi connectivity index (χ0) is 23.3. The smallest absolute Gasteiger partial charge is 0.341 e. The summed E-state index contributed by atoms with van der Waals surface area (Å²) in [5.41, 5.74) is 2.17. The van der Waals surface area contributed by atoms with Crippen LogP contribution in [0.5, 0.6) is 5.75 Å². The Kier molecular flexibility index (Phi) is 7.92. The van der Waals surface area contributed by atoms with Gasteiger partial charge in [0.2, 0.25) is 5.91 Å². The van der Waals surface area contributed by atoms with Gasteiger partial charge in [-0.2, -0.15) is 0 Å². The molecule has 1 amide bonds. The summed E-state index contributed by atoms with van der Waals surface area (Å²) in [6.45, 7) is 6.54. The fourth-order valence-corrected chi connectivity index (χ4v) is 5.36. The Labute approximate surface area is 195 Å². The van der Waals surface area contributed by atoms with Gasteiger partial charge in [0.15, 0.2) is 11.0 Å². The predicted octanol–water partition coefficient (Wildman–Crippen LogP) is 4.42. The average Bonchev–Trinajstić information content (AvgIpc) is 3.36. The first-order valence-corrected chi connectivity index (χ1v) is 11.9. The lowest BCUT2D eigenvalue weighted by molar-refractivity contribution is -0.113. The lowest BCUT2D eigenvalue weighted by atomic mass is 10.1. The third-order valence-corrected chi connectivity index (χ3v) is 6.95. The van der Waals surface area contributed by atoms with Gasteiger partial charge >= 0.3 is 5.97 Å². The molecule has 0 atom stereocenters. The number of aromatic nitrogens is 3. The molecule has 0 fully saturated rings. The van der Waals surface area contributed by atoms with Gasteiger partial charge in [-0.1, -0.05) is 30.8 Å². The van der Waals surface area contributed by atoms with E-state index in [9.17, 15) is 9.59 Å². The Morgan fingerprint density at radius 2 is 1.94 bits per heavy atom. The van der Waals surface area contributed by atoms with Crippen LogP contribution in [-0.2, 0) is 22.5 Å². The van der Waals surface area contributed by atoms with Crippen molar-refractivity contribution in [2.45, 2.75) is 38.9 Å². The number of para-hydroxylation sites is 1. The summed E-state index contributed by atoms with van der Waals surface area (Å²) in [6, 6.07) is 7.61. The normalized spacial score (nSPS) is 10.8. The minimum Gasteiger partial charge on any atom is -0.496 e. The first-order valence-electron chi connectivity index (χ1n) is 10.1. The molecule has 0 radical (unpaired) electrons. The summed E-state index contributed by atoms with van der Waals surface area (Å²) in [6.07, 6.45) is 0.683. The molecule has 0 saturated carbocycles.